The Morgan fingerprint density at radius 3 is 2.34 bits per heavy atom. The van der Waals surface area contributed by atoms with E-state index in [2.05, 4.69) is 21.5 Å². The number of benzene rings is 1. The van der Waals surface area contributed by atoms with Gasteiger partial charge < -0.3 is 20.4 Å². The third-order valence-corrected chi connectivity index (χ3v) is 16.3. The Balaban J connectivity index is 0.861. The van der Waals surface area contributed by atoms with Crippen molar-refractivity contribution in [3.63, 3.8) is 0 Å². The van der Waals surface area contributed by atoms with Gasteiger partial charge in [0.1, 0.15) is 11.9 Å². The van der Waals surface area contributed by atoms with Gasteiger partial charge in [0.2, 0.25) is 30.5 Å². The maximum absolute atomic E-state index is 13.7. The third-order valence-electron chi connectivity index (χ3n) is 14.4. The summed E-state index contributed by atoms with van der Waals surface area (Å²) in [5.41, 5.74) is 8.82. The van der Waals surface area contributed by atoms with E-state index >= 15 is 0 Å². The van der Waals surface area contributed by atoms with Crippen molar-refractivity contribution in [2.75, 3.05) is 50.1 Å². The van der Waals surface area contributed by atoms with E-state index in [0.717, 1.165) is 138 Å². The standard InChI is InChI=1S/C48H73N9O6S/c1-5-14-42(46(61)52-33-58)54(4)41-20-19-36(29-43(41)53(3)34-59)16-11-9-7-6-8-10-12-18-44(60)55-26-23-38(31-55)64(63)56-27-21-37(22-28-56)50-30-39-45(51-32-49)57(40-17-13-15-35(40)2)47(62)48(39)24-25-48/h19-20,29-30,32-35,37-38,40,42H,5-18,21-28,31H2,1-4H3,(H2,49,51)(H,52,58,61). The quantitative estimate of drug-likeness (QED) is 0.0580. The number of nitrogens with one attached hydrogen (secondary N) is 1. The third kappa shape index (κ3) is 11.5. The number of nitrogens with two attached hydrogens (primary N) is 1. The topological polar surface area (TPSA) is 181 Å². The first-order valence-electron chi connectivity index (χ1n) is 24.0. The van der Waals surface area contributed by atoms with Crippen LogP contribution in [0.5, 0.6) is 0 Å². The van der Waals surface area contributed by atoms with E-state index in [4.69, 9.17) is 10.7 Å². The van der Waals surface area contributed by atoms with Gasteiger partial charge in [0, 0.05) is 64.5 Å². The van der Waals surface area contributed by atoms with Gasteiger partial charge in [-0.15, -0.1) is 0 Å². The Hall–Kier alpha value is -4.44. The molecule has 1 spiro atoms. The Bertz CT molecular complexity index is 1930. The molecule has 5 unspecified atom stereocenters. The van der Waals surface area contributed by atoms with Gasteiger partial charge in [0.25, 0.3) is 0 Å². The van der Waals surface area contributed by atoms with Gasteiger partial charge in [-0.1, -0.05) is 64.9 Å². The van der Waals surface area contributed by atoms with Crippen molar-refractivity contribution in [2.24, 2.45) is 27.1 Å². The highest BCUT2D eigenvalue weighted by atomic mass is 32.2. The Kier molecular flexibility index (Phi) is 17.7. The molecule has 3 N–H and O–H groups in total. The largest absolute Gasteiger partial charge is 0.390 e. The second kappa shape index (κ2) is 23.1. The van der Waals surface area contributed by atoms with E-state index in [1.807, 2.05) is 53.1 Å². The summed E-state index contributed by atoms with van der Waals surface area (Å²) in [4.78, 5) is 79.0. The number of unbranched alkanes of at least 4 members (excludes halogenated alkanes) is 6. The fraction of sp³-hybridized carbons (Fsp3) is 0.688. The number of aliphatic imine (C=N–C) groups is 2. The summed E-state index contributed by atoms with van der Waals surface area (Å²) in [5, 5.41) is 2.24. The number of anilines is 2. The van der Waals surface area contributed by atoms with E-state index in [0.29, 0.717) is 57.2 Å². The fourth-order valence-electron chi connectivity index (χ4n) is 10.4. The molecule has 3 heterocycles. The summed E-state index contributed by atoms with van der Waals surface area (Å²) >= 11 is 0. The highest BCUT2D eigenvalue weighted by molar-refractivity contribution is 7.83. The smallest absolute Gasteiger partial charge is 0.249 e. The lowest BCUT2D eigenvalue weighted by Crippen LogP contribution is -2.45. The van der Waals surface area contributed by atoms with Crippen molar-refractivity contribution in [2.45, 2.75) is 159 Å². The van der Waals surface area contributed by atoms with Gasteiger partial charge in [-0.25, -0.2) is 13.5 Å². The number of likely N-dealkylation sites (N-methyl/N-ethyl adjacent to an activating group) is 1. The van der Waals surface area contributed by atoms with Crippen LogP contribution in [-0.4, -0.2) is 125 Å². The number of nitrogens with zero attached hydrogens (tertiary/aromatic N) is 7. The van der Waals surface area contributed by atoms with Crippen molar-refractivity contribution >= 4 is 65.5 Å². The van der Waals surface area contributed by atoms with Gasteiger partial charge in [-0.3, -0.25) is 39.2 Å². The van der Waals surface area contributed by atoms with Gasteiger partial charge in [0.05, 0.1) is 45.4 Å². The van der Waals surface area contributed by atoms with Crippen molar-refractivity contribution in [3.05, 3.63) is 35.2 Å². The maximum atomic E-state index is 13.7. The van der Waals surface area contributed by atoms with Gasteiger partial charge in [0.15, 0.2) is 0 Å². The maximum Gasteiger partial charge on any atom is 0.249 e. The first-order valence-corrected chi connectivity index (χ1v) is 25.2. The summed E-state index contributed by atoms with van der Waals surface area (Å²) in [6, 6.07) is 5.74. The number of likely N-dealkylation sites (tertiary alicyclic amines) is 1. The molecule has 2 saturated carbocycles. The zero-order chi connectivity index (χ0) is 45.8. The number of carbonyl (C=O) groups excluding carboxylic acids is 5. The van der Waals surface area contributed by atoms with Crippen LogP contribution in [0.15, 0.2) is 39.6 Å². The lowest BCUT2D eigenvalue weighted by Gasteiger charge is -2.31. The second-order valence-corrected chi connectivity index (χ2v) is 20.5. The second-order valence-electron chi connectivity index (χ2n) is 18.8. The van der Waals surface area contributed by atoms with Gasteiger partial charge >= 0.3 is 0 Å². The Labute approximate surface area is 383 Å². The first kappa shape index (κ1) is 49.0. The minimum absolute atomic E-state index is 0.0357. The summed E-state index contributed by atoms with van der Waals surface area (Å²) in [7, 11) is 2.37. The molecule has 2 saturated heterocycles. The number of hydrogen-bond donors (Lipinski definition) is 2. The molecule has 1 aromatic rings. The molecule has 16 heteroatoms. The Morgan fingerprint density at radius 1 is 0.984 bits per heavy atom. The summed E-state index contributed by atoms with van der Waals surface area (Å²) in [5.74, 6) is 1.09. The summed E-state index contributed by atoms with van der Waals surface area (Å²) in [6.45, 7) is 6.82. The number of rotatable bonds is 24. The summed E-state index contributed by atoms with van der Waals surface area (Å²) < 4.78 is 15.8. The van der Waals surface area contributed by atoms with E-state index in [-0.39, 0.29) is 35.1 Å². The van der Waals surface area contributed by atoms with Crippen LogP contribution in [-0.2, 0) is 41.4 Å². The van der Waals surface area contributed by atoms with Crippen molar-refractivity contribution in [3.8, 4) is 0 Å². The molecule has 0 aromatic heterocycles. The molecule has 5 aliphatic rings. The minimum atomic E-state index is -1.15. The predicted molar refractivity (Wildman–Crippen MR) is 254 cm³/mol. The molecule has 5 amide bonds. The zero-order valence-electron chi connectivity index (χ0n) is 38.8. The van der Waals surface area contributed by atoms with Crippen LogP contribution in [0.3, 0.4) is 0 Å². The van der Waals surface area contributed by atoms with E-state index in [9.17, 15) is 28.2 Å². The fourth-order valence-corrected chi connectivity index (χ4v) is 12.0. The van der Waals surface area contributed by atoms with Crippen molar-refractivity contribution in [1.29, 1.82) is 0 Å². The molecule has 2 aliphatic carbocycles. The minimum Gasteiger partial charge on any atom is -0.390 e. The number of amides is 5. The monoisotopic (exact) mass is 904 g/mol. The molecule has 0 radical (unpaired) electrons. The number of aryl methyl sites for hydroxylation is 1. The van der Waals surface area contributed by atoms with Crippen LogP contribution in [0.25, 0.3) is 0 Å². The molecule has 3 aliphatic heterocycles. The molecule has 0 bridgehead atoms. The number of carbonyl (C=O) groups is 5. The molecular formula is C48H73N9O6S. The van der Waals surface area contributed by atoms with Crippen molar-refractivity contribution < 1.29 is 28.2 Å². The van der Waals surface area contributed by atoms with E-state index in [1.54, 1.807) is 7.05 Å². The Morgan fingerprint density at radius 2 is 1.70 bits per heavy atom. The normalized spacial score (nSPS) is 23.4. The average molecular weight is 904 g/mol. The zero-order valence-corrected chi connectivity index (χ0v) is 39.6. The average Bonchev–Trinajstić information content (AvgIpc) is 3.64. The molecule has 1 aromatic carbocycles. The van der Waals surface area contributed by atoms with Crippen LogP contribution in [0, 0.1) is 11.3 Å². The SMILES string of the molecule is CCCC(C(=O)NC=O)N(C)c1ccc(CCCCCCCCCC(=O)N2CCC(S(=O)N3CCC(N=CC4=C(/N=C/N)N(C5CCCC5C)C(=O)C45CC5)CC3)C2)cc1N(C)C=O. The number of hydrogen-bond acceptors (Lipinski definition) is 9. The predicted octanol–water partition coefficient (Wildman–Crippen LogP) is 5.63. The van der Waals surface area contributed by atoms with E-state index < -0.39 is 22.4 Å². The molecule has 64 heavy (non-hydrogen) atoms. The molecular weight excluding hydrogens is 831 g/mol. The highest BCUT2D eigenvalue weighted by Crippen LogP contribution is 2.59. The van der Waals surface area contributed by atoms with Crippen LogP contribution < -0.4 is 20.9 Å². The van der Waals surface area contributed by atoms with Crippen LogP contribution in [0.2, 0.25) is 0 Å². The van der Waals surface area contributed by atoms with Gasteiger partial charge in [-0.05, 0) is 94.2 Å². The number of imide groups is 1. The van der Waals surface area contributed by atoms with Crippen LogP contribution in [0.1, 0.15) is 135 Å². The highest BCUT2D eigenvalue weighted by Gasteiger charge is 2.62. The molecule has 352 valence electrons. The lowest BCUT2D eigenvalue weighted by molar-refractivity contribution is -0.134. The lowest BCUT2D eigenvalue weighted by atomic mass is 9.98. The molecule has 15 nitrogen and oxygen atoms in total. The first-order chi connectivity index (χ1) is 31.0. The number of piperidine rings is 1. The van der Waals surface area contributed by atoms with Gasteiger partial charge in [-0.2, -0.15) is 0 Å². The van der Waals surface area contributed by atoms with Crippen molar-refractivity contribution in [1.82, 2.24) is 19.4 Å². The summed E-state index contributed by atoms with van der Waals surface area (Å²) in [6.07, 6.45) is 21.7. The van der Waals surface area contributed by atoms with Crippen LogP contribution in [0.4, 0.5) is 11.4 Å². The van der Waals surface area contributed by atoms with E-state index in [1.165, 1.54) is 11.2 Å². The molecule has 6 rings (SSSR count). The molecule has 4 fully saturated rings. The van der Waals surface area contributed by atoms with Crippen LogP contribution >= 0.6 is 0 Å². The molecule has 5 atom stereocenters.